The monoisotopic (exact) mass is 1040 g/mol. The van der Waals surface area contributed by atoms with Crippen LogP contribution in [0.2, 0.25) is 0 Å². The van der Waals surface area contributed by atoms with Gasteiger partial charge in [0.25, 0.3) is 11.1 Å². The van der Waals surface area contributed by atoms with E-state index in [9.17, 15) is 43.0 Å². The summed E-state index contributed by atoms with van der Waals surface area (Å²) in [5, 5.41) is 19.4. The van der Waals surface area contributed by atoms with Gasteiger partial charge in [0.2, 0.25) is 11.9 Å². The molecule has 0 radical (unpaired) electrons. The standard InChI is InChI=1S/C18H22N8O5.C15H21N8O13P3/c1-10(28)6-21-4-2-3-11-7-26(16-15(11)17(29)24-18(19)23-16)14-5-12(13(8-27)31-14)30-9-22-25-20;16-3-1-2-8-5-23(13-12(8)14(24)21-15(17)20-13)11-4-9(32-7-19-22-18)10(34-11)6-33-38(28,29)36-39(30,31)35-37(25,26)27/h7,12-14,21,27H,4-6,8-9H2,1H3,(H3,19,23,24,29);5,9-11H,3-4,6-7,16H2,(H,28,29)(H,30,31)(H2,25,26,27)(H3,17,20,21,24). The molecule has 34 nitrogen and oxygen atoms in total. The number of rotatable bonds is 19. The molecule has 0 spiro atoms. The van der Waals surface area contributed by atoms with E-state index >= 15 is 0 Å². The first-order valence-corrected chi connectivity index (χ1v) is 24.2. The molecule has 8 atom stereocenters. The van der Waals surface area contributed by atoms with Crippen molar-refractivity contribution in [3.05, 3.63) is 65.1 Å². The van der Waals surface area contributed by atoms with E-state index in [1.165, 1.54) is 17.7 Å². The maximum Gasteiger partial charge on any atom is 0.490 e. The number of aliphatic hydroxyl groups excluding tert-OH is 1. The van der Waals surface area contributed by atoms with Crippen molar-refractivity contribution in [3.63, 3.8) is 0 Å². The maximum absolute atomic E-state index is 12.5. The Balaban J connectivity index is 0.000000267. The summed E-state index contributed by atoms with van der Waals surface area (Å²) in [6.45, 7) is 0.0683. The number of ether oxygens (including phenoxy) is 4. The number of nitrogen functional groups attached to an aromatic ring is 2. The highest BCUT2D eigenvalue weighted by Gasteiger charge is 2.44. The number of Topliss-reactive ketones (excluding diaryl/α,β-unsaturated/α-hetero) is 1. The molecule has 2 aliphatic heterocycles. The van der Waals surface area contributed by atoms with E-state index in [0.717, 1.165) is 0 Å². The number of aliphatic hydroxyl groups is 1. The number of carbonyl (C=O) groups is 1. The summed E-state index contributed by atoms with van der Waals surface area (Å²) in [6.07, 6.45) is -1.68. The van der Waals surface area contributed by atoms with E-state index in [1.807, 2.05) is 0 Å². The Morgan fingerprint density at radius 1 is 0.871 bits per heavy atom. The number of carbonyl (C=O) groups excluding carboxylic acids is 1. The quantitative estimate of drug-likeness (QED) is 0.0143. The highest BCUT2D eigenvalue weighted by molar-refractivity contribution is 7.66. The third-order valence-corrected chi connectivity index (χ3v) is 13.1. The number of anilines is 2. The van der Waals surface area contributed by atoms with Crippen LogP contribution in [-0.2, 0) is 50.6 Å². The zero-order chi connectivity index (χ0) is 51.4. The number of hydrogen-bond donors (Lipinski definition) is 11. The van der Waals surface area contributed by atoms with Gasteiger partial charge in [0.15, 0.2) is 11.3 Å². The summed E-state index contributed by atoms with van der Waals surface area (Å²) in [7, 11) is -16.8. The van der Waals surface area contributed by atoms with E-state index in [0.29, 0.717) is 12.0 Å². The van der Waals surface area contributed by atoms with Crippen LogP contribution in [0.5, 0.6) is 0 Å². The van der Waals surface area contributed by atoms with Gasteiger partial charge < -0.3 is 70.0 Å². The highest BCUT2D eigenvalue weighted by atomic mass is 31.3. The molecular formula is C33H43N16O18P3. The first-order chi connectivity index (χ1) is 33.1. The van der Waals surface area contributed by atoms with Crippen molar-refractivity contribution in [3.8, 4) is 23.7 Å². The van der Waals surface area contributed by atoms with Gasteiger partial charge in [0.1, 0.15) is 43.9 Å². The van der Waals surface area contributed by atoms with Crippen LogP contribution in [0.1, 0.15) is 43.3 Å². The number of azide groups is 2. The second kappa shape index (κ2) is 24.2. The largest absolute Gasteiger partial charge is 0.490 e. The van der Waals surface area contributed by atoms with Crippen molar-refractivity contribution in [2.75, 3.05) is 57.8 Å². The predicted octanol–water partition coefficient (Wildman–Crippen LogP) is -0.329. The Labute approximate surface area is 391 Å². The van der Waals surface area contributed by atoms with Gasteiger partial charge in [-0.15, -0.1) is 0 Å². The molecule has 0 aliphatic carbocycles. The van der Waals surface area contributed by atoms with Gasteiger partial charge >= 0.3 is 23.5 Å². The van der Waals surface area contributed by atoms with Gasteiger partial charge in [-0.3, -0.25) is 34.2 Å². The number of hydrogen-bond acceptors (Lipinski definition) is 22. The fourth-order valence-corrected chi connectivity index (χ4v) is 9.78. The maximum atomic E-state index is 12.5. The van der Waals surface area contributed by atoms with Crippen LogP contribution in [-0.4, -0.2) is 130 Å². The molecule has 70 heavy (non-hydrogen) atoms. The molecule has 14 N–H and O–H groups in total. The number of phosphoric ester groups is 1. The summed E-state index contributed by atoms with van der Waals surface area (Å²) in [5.41, 5.74) is 33.7. The summed E-state index contributed by atoms with van der Waals surface area (Å²) in [5.74, 6) is 10.8. The van der Waals surface area contributed by atoms with Gasteiger partial charge in [-0.25, -0.2) is 13.7 Å². The molecule has 4 aromatic rings. The van der Waals surface area contributed by atoms with Gasteiger partial charge in [0, 0.05) is 35.1 Å². The number of nitrogens with one attached hydrogen (secondary N) is 3. The average Bonchev–Trinajstić information content (AvgIpc) is 4.04. The Morgan fingerprint density at radius 3 is 1.84 bits per heavy atom. The number of H-pyrrole nitrogens is 2. The van der Waals surface area contributed by atoms with Crippen molar-refractivity contribution < 1.29 is 75.3 Å². The first-order valence-electron chi connectivity index (χ1n) is 19.7. The number of phosphoric acid groups is 3. The molecular weight excluding hydrogens is 1000 g/mol. The van der Waals surface area contributed by atoms with Gasteiger partial charge in [-0.1, -0.05) is 33.9 Å². The molecule has 4 aromatic heterocycles. The van der Waals surface area contributed by atoms with Gasteiger partial charge in [0.05, 0.1) is 67.0 Å². The average molecular weight is 1040 g/mol. The smallest absolute Gasteiger partial charge is 0.394 e. The van der Waals surface area contributed by atoms with Crippen molar-refractivity contribution in [1.82, 2.24) is 34.4 Å². The van der Waals surface area contributed by atoms with Crippen LogP contribution in [0.3, 0.4) is 0 Å². The van der Waals surface area contributed by atoms with Crippen molar-refractivity contribution in [1.29, 1.82) is 0 Å². The molecule has 2 aliphatic rings. The Morgan fingerprint density at radius 2 is 1.37 bits per heavy atom. The van der Waals surface area contributed by atoms with Crippen LogP contribution in [0.15, 0.2) is 32.2 Å². The number of ketones is 1. The van der Waals surface area contributed by atoms with Gasteiger partial charge in [-0.05, 0) is 18.0 Å². The Kier molecular flexibility index (Phi) is 19.0. The SMILES string of the molecule is CC(=O)CNCC#Cc1cn(C2CC(OCN=[N+]=[N-])C(CO)O2)c2nc(N)[nH]c(=O)c12.[N-]=[N+]=NCOC1CC(n2cc(C#CCN)c3c(=O)[nH]c(N)nc32)OC1COP(=O)(O)OP(=O)(O)OP(=O)(O)O. The summed E-state index contributed by atoms with van der Waals surface area (Å²) in [4.78, 5) is 90.7. The number of nitrogens with two attached hydrogens (primary N) is 3. The lowest BCUT2D eigenvalue weighted by Crippen LogP contribution is -2.29. The third-order valence-electron chi connectivity index (χ3n) is 9.34. The lowest BCUT2D eigenvalue weighted by Gasteiger charge is -2.21. The molecule has 378 valence electrons. The minimum atomic E-state index is -5.74. The third kappa shape index (κ3) is 15.0. The fourth-order valence-electron chi connectivity index (χ4n) is 6.75. The van der Waals surface area contributed by atoms with E-state index in [-0.39, 0.29) is 84.7 Å². The normalized spacial score (nSPS) is 21.5. The molecule has 2 saturated heterocycles. The molecule has 2 fully saturated rings. The van der Waals surface area contributed by atoms with E-state index < -0.39 is 84.8 Å². The lowest BCUT2D eigenvalue weighted by atomic mass is 10.2. The summed E-state index contributed by atoms with van der Waals surface area (Å²) >= 11 is 0. The lowest BCUT2D eigenvalue weighted by molar-refractivity contribution is -0.116. The fraction of sp³-hybridized carbons (Fsp3) is 0.485. The number of nitrogens with zero attached hydrogens (tertiary/aromatic N) is 10. The molecule has 0 amide bonds. The van der Waals surface area contributed by atoms with E-state index in [2.05, 4.69) is 82.1 Å². The summed E-state index contributed by atoms with van der Waals surface area (Å²) < 4.78 is 72.1. The van der Waals surface area contributed by atoms with Crippen molar-refractivity contribution in [2.24, 2.45) is 16.0 Å². The molecule has 0 saturated carbocycles. The number of fused-ring (bicyclic) bond motifs is 2. The highest BCUT2D eigenvalue weighted by Crippen LogP contribution is 2.66. The van der Waals surface area contributed by atoms with Crippen LogP contribution < -0.4 is 33.6 Å². The molecule has 8 unspecified atom stereocenters. The van der Waals surface area contributed by atoms with E-state index in [1.54, 1.807) is 10.8 Å². The topological polar surface area (TPSA) is 523 Å². The predicted molar refractivity (Wildman–Crippen MR) is 238 cm³/mol. The Hall–Kier alpha value is -6.02. The van der Waals surface area contributed by atoms with Crippen LogP contribution in [0, 0.1) is 23.7 Å². The van der Waals surface area contributed by atoms with Crippen LogP contribution in [0.4, 0.5) is 11.9 Å². The van der Waals surface area contributed by atoms with Crippen LogP contribution in [0.25, 0.3) is 43.0 Å². The molecule has 0 aromatic carbocycles. The minimum absolute atomic E-state index is 0.00902. The number of aromatic amines is 2. The van der Waals surface area contributed by atoms with Crippen molar-refractivity contribution in [2.45, 2.75) is 56.6 Å². The first kappa shape index (κ1) is 54.9. The second-order valence-electron chi connectivity index (χ2n) is 14.2. The minimum Gasteiger partial charge on any atom is -0.394 e. The van der Waals surface area contributed by atoms with E-state index in [4.69, 9.17) is 57.0 Å². The molecule has 6 heterocycles. The number of aromatic nitrogens is 6. The molecule has 37 heteroatoms. The van der Waals surface area contributed by atoms with Crippen molar-refractivity contribution >= 4 is 63.2 Å². The Bertz CT molecular complexity index is 3070. The van der Waals surface area contributed by atoms with Gasteiger partial charge in [-0.2, -0.15) is 18.6 Å². The zero-order valence-corrected chi connectivity index (χ0v) is 38.8. The van der Waals surface area contributed by atoms with Crippen LogP contribution >= 0.6 is 23.5 Å². The second-order valence-corrected chi connectivity index (χ2v) is 18.7. The molecule has 6 rings (SSSR count). The molecule has 0 bridgehead atoms. The zero-order valence-electron chi connectivity index (χ0n) is 36.1. The summed E-state index contributed by atoms with van der Waals surface area (Å²) in [6, 6.07) is 0.